The van der Waals surface area contributed by atoms with Gasteiger partial charge in [0, 0.05) is 43.8 Å². The Morgan fingerprint density at radius 2 is 2.32 bits per heavy atom. The molecule has 1 aliphatic rings. The highest BCUT2D eigenvalue weighted by Crippen LogP contribution is 2.34. The molecule has 1 N–H and O–H groups in total. The third-order valence-corrected chi connectivity index (χ3v) is 6.45. The van der Waals surface area contributed by atoms with Gasteiger partial charge in [0.05, 0.1) is 17.3 Å². The maximum atomic E-state index is 14.5. The Labute approximate surface area is 154 Å². The second-order valence-corrected chi connectivity index (χ2v) is 8.69. The number of methoxy groups -OCH3 is 1. The van der Waals surface area contributed by atoms with Crippen molar-refractivity contribution in [3.05, 3.63) is 34.5 Å². The van der Waals surface area contributed by atoms with Gasteiger partial charge in [-0.05, 0) is 12.5 Å². The van der Waals surface area contributed by atoms with Crippen molar-refractivity contribution in [3.8, 4) is 0 Å². The van der Waals surface area contributed by atoms with Crippen LogP contribution in [-0.2, 0) is 14.8 Å². The quantitative estimate of drug-likeness (QED) is 0.799. The van der Waals surface area contributed by atoms with Crippen molar-refractivity contribution in [2.24, 2.45) is 5.92 Å². The van der Waals surface area contributed by atoms with E-state index in [0.717, 1.165) is 30.4 Å². The van der Waals surface area contributed by atoms with Gasteiger partial charge in [-0.1, -0.05) is 11.6 Å². The van der Waals surface area contributed by atoms with E-state index in [1.807, 2.05) is 4.90 Å². The molecule has 2 aromatic rings. The van der Waals surface area contributed by atoms with Gasteiger partial charge in [-0.3, -0.25) is 4.72 Å². The molecule has 3 rings (SSSR count). The SMILES string of the molecule is COCC1CCN(c2cc(F)c(S(=O)(=O)Nc3nccs3)cc2Cl)C1. The van der Waals surface area contributed by atoms with E-state index < -0.39 is 20.7 Å². The fourth-order valence-electron chi connectivity index (χ4n) is 2.83. The molecule has 1 aliphatic heterocycles. The van der Waals surface area contributed by atoms with Gasteiger partial charge in [-0.15, -0.1) is 11.3 Å². The summed E-state index contributed by atoms with van der Waals surface area (Å²) in [6.45, 7) is 2.04. The van der Waals surface area contributed by atoms with Crippen LogP contribution in [0, 0.1) is 11.7 Å². The average molecular weight is 406 g/mol. The summed E-state index contributed by atoms with van der Waals surface area (Å²) in [6, 6.07) is 2.32. The Bertz CT molecular complexity index is 846. The van der Waals surface area contributed by atoms with E-state index in [4.69, 9.17) is 16.3 Å². The standard InChI is InChI=1S/C15H17ClFN3O3S2/c1-23-9-10-2-4-20(8-10)13-7-12(17)14(6-11(13)16)25(21,22)19-15-18-3-5-24-15/h3,5-7,10H,2,4,8-9H2,1H3,(H,18,19). The Balaban J connectivity index is 1.85. The highest BCUT2D eigenvalue weighted by atomic mass is 35.5. The van der Waals surface area contributed by atoms with E-state index in [0.29, 0.717) is 24.8 Å². The van der Waals surface area contributed by atoms with E-state index in [9.17, 15) is 12.8 Å². The third kappa shape index (κ3) is 4.05. The zero-order chi connectivity index (χ0) is 18.0. The Morgan fingerprint density at radius 3 is 3.00 bits per heavy atom. The molecule has 1 aromatic carbocycles. The van der Waals surface area contributed by atoms with Crippen LogP contribution in [0.1, 0.15) is 6.42 Å². The lowest BCUT2D eigenvalue weighted by Crippen LogP contribution is -2.22. The number of rotatable bonds is 6. The van der Waals surface area contributed by atoms with Crippen molar-refractivity contribution < 1.29 is 17.5 Å². The van der Waals surface area contributed by atoms with E-state index in [1.54, 1.807) is 12.5 Å². The average Bonchev–Trinajstić information content (AvgIpc) is 3.21. The molecule has 1 saturated heterocycles. The molecule has 0 aliphatic carbocycles. The molecule has 0 bridgehead atoms. The van der Waals surface area contributed by atoms with Crippen LogP contribution in [-0.4, -0.2) is 40.2 Å². The zero-order valence-electron chi connectivity index (χ0n) is 13.4. The minimum absolute atomic E-state index is 0.168. The fraction of sp³-hybridized carbons (Fsp3) is 0.400. The first-order chi connectivity index (χ1) is 11.9. The molecule has 136 valence electrons. The molecule has 6 nitrogen and oxygen atoms in total. The normalized spacial score (nSPS) is 17.9. The molecule has 2 heterocycles. The Hall–Kier alpha value is -1.42. The van der Waals surface area contributed by atoms with E-state index in [-0.39, 0.29) is 10.2 Å². The van der Waals surface area contributed by atoms with Crippen LogP contribution in [0.2, 0.25) is 5.02 Å². The molecule has 0 amide bonds. The van der Waals surface area contributed by atoms with E-state index in [2.05, 4.69) is 9.71 Å². The lowest BCUT2D eigenvalue weighted by molar-refractivity contribution is 0.161. The molecular formula is C15H17ClFN3O3S2. The number of thiazole rings is 1. The maximum Gasteiger partial charge on any atom is 0.266 e. The lowest BCUT2D eigenvalue weighted by Gasteiger charge is -2.21. The van der Waals surface area contributed by atoms with Crippen molar-refractivity contribution >= 4 is 43.8 Å². The van der Waals surface area contributed by atoms with Gasteiger partial charge in [0.25, 0.3) is 10.0 Å². The molecule has 1 fully saturated rings. The zero-order valence-corrected chi connectivity index (χ0v) is 15.8. The number of nitrogens with one attached hydrogen (secondary N) is 1. The third-order valence-electron chi connectivity index (χ3n) is 3.97. The Kier molecular flexibility index (Phi) is 5.47. The molecular weight excluding hydrogens is 389 g/mol. The minimum atomic E-state index is -4.10. The van der Waals surface area contributed by atoms with Crippen molar-refractivity contribution in [2.75, 3.05) is 36.4 Å². The van der Waals surface area contributed by atoms with Gasteiger partial charge in [-0.25, -0.2) is 17.8 Å². The molecule has 10 heteroatoms. The second kappa shape index (κ2) is 7.45. The first-order valence-electron chi connectivity index (χ1n) is 7.56. The van der Waals surface area contributed by atoms with Crippen LogP contribution in [0.5, 0.6) is 0 Å². The summed E-state index contributed by atoms with van der Waals surface area (Å²) in [7, 11) is -2.45. The predicted molar refractivity (Wildman–Crippen MR) is 96.5 cm³/mol. The molecule has 0 radical (unpaired) electrons. The van der Waals surface area contributed by atoms with E-state index >= 15 is 0 Å². The summed E-state index contributed by atoms with van der Waals surface area (Å²) in [5.74, 6) is -0.502. The predicted octanol–water partition coefficient (Wildman–Crippen LogP) is 3.21. The van der Waals surface area contributed by atoms with Crippen LogP contribution >= 0.6 is 22.9 Å². The summed E-state index contributed by atoms with van der Waals surface area (Å²) in [6.07, 6.45) is 2.37. The number of anilines is 2. The smallest absolute Gasteiger partial charge is 0.266 e. The molecule has 1 atom stereocenters. The highest BCUT2D eigenvalue weighted by Gasteiger charge is 2.27. The summed E-state index contributed by atoms with van der Waals surface area (Å²) < 4.78 is 46.6. The van der Waals surface area contributed by atoms with Gasteiger partial charge in [0.2, 0.25) is 0 Å². The van der Waals surface area contributed by atoms with E-state index in [1.165, 1.54) is 12.3 Å². The van der Waals surface area contributed by atoms with Gasteiger partial charge in [0.15, 0.2) is 5.13 Å². The largest absolute Gasteiger partial charge is 0.384 e. The number of aromatic nitrogens is 1. The van der Waals surface area contributed by atoms with Crippen molar-refractivity contribution in [1.29, 1.82) is 0 Å². The highest BCUT2D eigenvalue weighted by molar-refractivity contribution is 7.93. The maximum absolute atomic E-state index is 14.5. The van der Waals surface area contributed by atoms with Crippen LogP contribution in [0.3, 0.4) is 0 Å². The number of halogens is 2. The van der Waals surface area contributed by atoms with Gasteiger partial charge in [0.1, 0.15) is 10.7 Å². The molecule has 0 spiro atoms. The van der Waals surface area contributed by atoms with Crippen LogP contribution in [0.15, 0.2) is 28.6 Å². The molecule has 1 unspecified atom stereocenters. The van der Waals surface area contributed by atoms with Gasteiger partial charge < -0.3 is 9.64 Å². The molecule has 1 aromatic heterocycles. The van der Waals surface area contributed by atoms with Crippen LogP contribution in [0.25, 0.3) is 0 Å². The van der Waals surface area contributed by atoms with Crippen molar-refractivity contribution in [1.82, 2.24) is 4.98 Å². The minimum Gasteiger partial charge on any atom is -0.384 e. The van der Waals surface area contributed by atoms with Crippen molar-refractivity contribution in [2.45, 2.75) is 11.3 Å². The molecule has 0 saturated carbocycles. The number of ether oxygens (including phenoxy) is 1. The number of sulfonamides is 1. The second-order valence-electron chi connectivity index (χ2n) is 5.73. The summed E-state index contributed by atoms with van der Waals surface area (Å²) in [4.78, 5) is 5.29. The van der Waals surface area contributed by atoms with Crippen LogP contribution in [0.4, 0.5) is 15.2 Å². The summed E-state index contributed by atoms with van der Waals surface area (Å²) in [5.41, 5.74) is 0.492. The first-order valence-corrected chi connectivity index (χ1v) is 10.3. The van der Waals surface area contributed by atoms with Gasteiger partial charge in [-0.2, -0.15) is 0 Å². The molecule has 25 heavy (non-hydrogen) atoms. The number of nitrogens with zero attached hydrogens (tertiary/aromatic N) is 2. The lowest BCUT2D eigenvalue weighted by atomic mass is 10.1. The summed E-state index contributed by atoms with van der Waals surface area (Å²) >= 11 is 7.36. The van der Waals surface area contributed by atoms with Gasteiger partial charge >= 0.3 is 0 Å². The van der Waals surface area contributed by atoms with Crippen molar-refractivity contribution in [3.63, 3.8) is 0 Å². The fourth-order valence-corrected chi connectivity index (χ4v) is 5.06. The number of benzene rings is 1. The van der Waals surface area contributed by atoms with Crippen LogP contribution < -0.4 is 9.62 Å². The first kappa shape index (κ1) is 18.4. The summed E-state index contributed by atoms with van der Waals surface area (Å²) in [5, 5.41) is 1.98. The Morgan fingerprint density at radius 1 is 1.52 bits per heavy atom. The topological polar surface area (TPSA) is 71.5 Å². The number of hydrogen-bond donors (Lipinski definition) is 1. The number of hydrogen-bond acceptors (Lipinski definition) is 6. The monoisotopic (exact) mass is 405 g/mol.